The van der Waals surface area contributed by atoms with Crippen LogP contribution in [0.25, 0.3) is 0 Å². The lowest BCUT2D eigenvalue weighted by atomic mass is 9.98. The predicted molar refractivity (Wildman–Crippen MR) is 71.4 cm³/mol. The summed E-state index contributed by atoms with van der Waals surface area (Å²) in [6.07, 6.45) is 1.75. The van der Waals surface area contributed by atoms with Crippen molar-refractivity contribution < 1.29 is 13.9 Å². The number of halogens is 2. The molecule has 1 heterocycles. The predicted octanol–water partition coefficient (Wildman–Crippen LogP) is 2.86. The SMILES string of the molecule is COC(=O)[C@H]1CCCN(Cc2cc(Cl)ccc2F)C1. The molecule has 0 saturated carbocycles. The van der Waals surface area contributed by atoms with E-state index in [9.17, 15) is 9.18 Å². The molecular weight excluding hydrogens is 269 g/mol. The van der Waals surface area contributed by atoms with Crippen molar-refractivity contribution in [2.75, 3.05) is 20.2 Å². The number of likely N-dealkylation sites (tertiary alicyclic amines) is 1. The van der Waals surface area contributed by atoms with Crippen LogP contribution in [0.4, 0.5) is 4.39 Å². The van der Waals surface area contributed by atoms with Crippen LogP contribution < -0.4 is 0 Å². The first-order valence-electron chi connectivity index (χ1n) is 6.34. The molecule has 1 aromatic carbocycles. The summed E-state index contributed by atoms with van der Waals surface area (Å²) in [5.74, 6) is -0.554. The van der Waals surface area contributed by atoms with Crippen molar-refractivity contribution in [3.8, 4) is 0 Å². The van der Waals surface area contributed by atoms with E-state index in [2.05, 4.69) is 4.90 Å². The van der Waals surface area contributed by atoms with Crippen LogP contribution >= 0.6 is 11.6 Å². The van der Waals surface area contributed by atoms with E-state index in [1.807, 2.05) is 0 Å². The Hall–Kier alpha value is -1.13. The van der Waals surface area contributed by atoms with Gasteiger partial charge in [0.1, 0.15) is 5.82 Å². The molecule has 19 heavy (non-hydrogen) atoms. The van der Waals surface area contributed by atoms with Crippen LogP contribution in [0.1, 0.15) is 18.4 Å². The zero-order valence-electron chi connectivity index (χ0n) is 10.9. The molecule has 0 radical (unpaired) electrons. The molecule has 0 spiro atoms. The monoisotopic (exact) mass is 285 g/mol. The summed E-state index contributed by atoms with van der Waals surface area (Å²) in [6, 6.07) is 4.55. The molecule has 1 aliphatic rings. The summed E-state index contributed by atoms with van der Waals surface area (Å²) in [5.41, 5.74) is 0.568. The maximum Gasteiger partial charge on any atom is 0.309 e. The van der Waals surface area contributed by atoms with Crippen LogP contribution in [-0.2, 0) is 16.1 Å². The highest BCUT2D eigenvalue weighted by atomic mass is 35.5. The summed E-state index contributed by atoms with van der Waals surface area (Å²) >= 11 is 5.88. The molecule has 104 valence electrons. The van der Waals surface area contributed by atoms with E-state index in [1.54, 1.807) is 6.07 Å². The lowest BCUT2D eigenvalue weighted by Gasteiger charge is -2.31. The normalized spacial score (nSPS) is 20.3. The third-order valence-electron chi connectivity index (χ3n) is 3.44. The molecule has 1 saturated heterocycles. The molecule has 1 aromatic rings. The smallest absolute Gasteiger partial charge is 0.309 e. The Morgan fingerprint density at radius 3 is 3.11 bits per heavy atom. The summed E-state index contributed by atoms with van der Waals surface area (Å²) in [4.78, 5) is 13.6. The fourth-order valence-corrected chi connectivity index (χ4v) is 2.66. The summed E-state index contributed by atoms with van der Waals surface area (Å²) < 4.78 is 18.4. The molecule has 1 atom stereocenters. The van der Waals surface area contributed by atoms with Gasteiger partial charge in [0.25, 0.3) is 0 Å². The fraction of sp³-hybridized carbons (Fsp3) is 0.500. The van der Waals surface area contributed by atoms with E-state index in [-0.39, 0.29) is 17.7 Å². The van der Waals surface area contributed by atoms with E-state index in [0.717, 1.165) is 19.4 Å². The molecule has 1 aliphatic heterocycles. The zero-order chi connectivity index (χ0) is 13.8. The molecule has 0 aliphatic carbocycles. The van der Waals surface area contributed by atoms with Crippen LogP contribution in [0.2, 0.25) is 5.02 Å². The van der Waals surface area contributed by atoms with Gasteiger partial charge in [-0.25, -0.2) is 4.39 Å². The zero-order valence-corrected chi connectivity index (χ0v) is 11.6. The number of hydrogen-bond acceptors (Lipinski definition) is 3. The Labute approximate surface area is 117 Å². The molecule has 0 unspecified atom stereocenters. The van der Waals surface area contributed by atoms with E-state index < -0.39 is 0 Å². The number of piperidine rings is 1. The number of carbonyl (C=O) groups is 1. The van der Waals surface area contributed by atoms with Gasteiger partial charge in [0.2, 0.25) is 0 Å². The van der Waals surface area contributed by atoms with E-state index in [4.69, 9.17) is 16.3 Å². The second-order valence-electron chi connectivity index (χ2n) is 4.83. The lowest BCUT2D eigenvalue weighted by Crippen LogP contribution is -2.38. The minimum Gasteiger partial charge on any atom is -0.469 e. The maximum absolute atomic E-state index is 13.7. The minimum atomic E-state index is -0.260. The summed E-state index contributed by atoms with van der Waals surface area (Å²) in [6.45, 7) is 1.94. The lowest BCUT2D eigenvalue weighted by molar-refractivity contribution is -0.147. The molecule has 0 bridgehead atoms. The molecule has 1 fully saturated rings. The largest absolute Gasteiger partial charge is 0.469 e. The van der Waals surface area contributed by atoms with Gasteiger partial charge in [-0.1, -0.05) is 11.6 Å². The molecule has 0 N–H and O–H groups in total. The molecule has 0 amide bonds. The van der Waals surface area contributed by atoms with E-state index in [0.29, 0.717) is 23.7 Å². The first-order valence-corrected chi connectivity index (χ1v) is 6.72. The van der Waals surface area contributed by atoms with Crippen LogP contribution in [0, 0.1) is 11.7 Å². The van der Waals surface area contributed by atoms with Crippen LogP contribution in [0.15, 0.2) is 18.2 Å². The number of methoxy groups -OCH3 is 1. The third-order valence-corrected chi connectivity index (χ3v) is 3.68. The average Bonchev–Trinajstić information content (AvgIpc) is 2.42. The van der Waals surface area contributed by atoms with Crippen LogP contribution in [0.5, 0.6) is 0 Å². The van der Waals surface area contributed by atoms with Crippen molar-refractivity contribution in [1.82, 2.24) is 4.90 Å². The molecular formula is C14H17ClFNO2. The number of esters is 1. The molecule has 0 aromatic heterocycles. The van der Waals surface area contributed by atoms with Crippen molar-refractivity contribution in [1.29, 1.82) is 0 Å². The van der Waals surface area contributed by atoms with Gasteiger partial charge in [-0.15, -0.1) is 0 Å². The van der Waals surface area contributed by atoms with Gasteiger partial charge >= 0.3 is 5.97 Å². The first-order chi connectivity index (χ1) is 9.10. The van der Waals surface area contributed by atoms with Gasteiger partial charge < -0.3 is 4.74 Å². The van der Waals surface area contributed by atoms with Crippen molar-refractivity contribution >= 4 is 17.6 Å². The van der Waals surface area contributed by atoms with Crippen molar-refractivity contribution in [2.45, 2.75) is 19.4 Å². The van der Waals surface area contributed by atoms with Gasteiger partial charge in [-0.3, -0.25) is 9.69 Å². The van der Waals surface area contributed by atoms with Crippen molar-refractivity contribution in [2.24, 2.45) is 5.92 Å². The van der Waals surface area contributed by atoms with Crippen LogP contribution in [0.3, 0.4) is 0 Å². The number of benzene rings is 1. The summed E-state index contributed by atoms with van der Waals surface area (Å²) in [7, 11) is 1.40. The quantitative estimate of drug-likeness (QED) is 0.800. The second kappa shape index (κ2) is 6.35. The Morgan fingerprint density at radius 1 is 1.58 bits per heavy atom. The van der Waals surface area contributed by atoms with Crippen molar-refractivity contribution in [3.63, 3.8) is 0 Å². The third kappa shape index (κ3) is 3.67. The van der Waals surface area contributed by atoms with Crippen LogP contribution in [-0.4, -0.2) is 31.1 Å². The highest BCUT2D eigenvalue weighted by Crippen LogP contribution is 2.22. The molecule has 3 nitrogen and oxygen atoms in total. The average molecular weight is 286 g/mol. The number of ether oxygens (including phenoxy) is 1. The Kier molecular flexibility index (Phi) is 4.77. The Balaban J connectivity index is 2.02. The van der Waals surface area contributed by atoms with Gasteiger partial charge in [-0.05, 0) is 37.6 Å². The second-order valence-corrected chi connectivity index (χ2v) is 5.27. The Bertz CT molecular complexity index is 467. The fourth-order valence-electron chi connectivity index (χ4n) is 2.46. The van der Waals surface area contributed by atoms with Gasteiger partial charge in [0.05, 0.1) is 13.0 Å². The highest BCUT2D eigenvalue weighted by molar-refractivity contribution is 6.30. The standard InChI is InChI=1S/C14H17ClFNO2/c1-19-14(18)10-3-2-6-17(8-10)9-11-7-12(15)4-5-13(11)16/h4-5,7,10H,2-3,6,8-9H2,1H3/t10-/m0/s1. The van der Waals surface area contributed by atoms with E-state index >= 15 is 0 Å². The number of hydrogen-bond donors (Lipinski definition) is 0. The number of rotatable bonds is 3. The molecule has 5 heteroatoms. The van der Waals surface area contributed by atoms with Gasteiger partial charge in [-0.2, -0.15) is 0 Å². The van der Waals surface area contributed by atoms with E-state index in [1.165, 1.54) is 19.2 Å². The topological polar surface area (TPSA) is 29.5 Å². The van der Waals surface area contributed by atoms with Gasteiger partial charge in [0.15, 0.2) is 0 Å². The summed E-state index contributed by atoms with van der Waals surface area (Å²) in [5, 5.41) is 0.526. The number of nitrogens with zero attached hydrogens (tertiary/aromatic N) is 1. The first kappa shape index (κ1) is 14.3. The highest BCUT2D eigenvalue weighted by Gasteiger charge is 2.26. The van der Waals surface area contributed by atoms with Gasteiger partial charge in [0, 0.05) is 23.7 Å². The minimum absolute atomic E-state index is 0.110. The Morgan fingerprint density at radius 2 is 2.37 bits per heavy atom. The molecule has 2 rings (SSSR count). The number of carbonyl (C=O) groups excluding carboxylic acids is 1. The van der Waals surface area contributed by atoms with Crippen molar-refractivity contribution in [3.05, 3.63) is 34.6 Å². The maximum atomic E-state index is 13.7.